The lowest BCUT2D eigenvalue weighted by atomic mass is 9.98. The molecule has 4 heteroatoms. The third-order valence-corrected chi connectivity index (χ3v) is 3.59. The van der Waals surface area contributed by atoms with Crippen molar-refractivity contribution in [2.45, 2.75) is 13.0 Å². The van der Waals surface area contributed by atoms with E-state index in [2.05, 4.69) is 0 Å². The minimum Gasteiger partial charge on any atom is -0.508 e. The number of hydrogen-bond acceptors (Lipinski definition) is 3. The average Bonchev–Trinajstić information content (AvgIpc) is 2.43. The highest BCUT2D eigenvalue weighted by Gasteiger charge is 2.24. The van der Waals surface area contributed by atoms with Gasteiger partial charge in [0.25, 0.3) is 5.91 Å². The summed E-state index contributed by atoms with van der Waals surface area (Å²) >= 11 is 0. The molecule has 0 unspecified atom stereocenters. The molecule has 0 radical (unpaired) electrons. The maximum absolute atomic E-state index is 12.5. The lowest BCUT2D eigenvalue weighted by Crippen LogP contribution is -2.37. The van der Waals surface area contributed by atoms with Crippen LogP contribution in [0.15, 0.2) is 42.5 Å². The first-order valence-corrected chi connectivity index (χ1v) is 6.59. The smallest absolute Gasteiger partial charge is 0.254 e. The topological polar surface area (TPSA) is 66.6 Å². The van der Waals surface area contributed by atoms with Crippen LogP contribution in [0.2, 0.25) is 0 Å². The molecule has 102 valence electrons. The van der Waals surface area contributed by atoms with E-state index in [1.54, 1.807) is 29.2 Å². The quantitative estimate of drug-likeness (QED) is 0.820. The van der Waals surface area contributed by atoms with Gasteiger partial charge in [-0.1, -0.05) is 18.2 Å². The Balaban J connectivity index is 1.85. The van der Waals surface area contributed by atoms with Gasteiger partial charge in [0.15, 0.2) is 0 Å². The van der Waals surface area contributed by atoms with Gasteiger partial charge in [0, 0.05) is 24.3 Å². The minimum atomic E-state index is 0.00175. The van der Waals surface area contributed by atoms with E-state index in [4.69, 9.17) is 5.73 Å². The van der Waals surface area contributed by atoms with Crippen LogP contribution in [-0.4, -0.2) is 22.5 Å². The molecule has 2 aromatic carbocycles. The maximum Gasteiger partial charge on any atom is 0.254 e. The lowest BCUT2D eigenvalue weighted by Gasteiger charge is -2.28. The van der Waals surface area contributed by atoms with Crippen molar-refractivity contribution in [1.82, 2.24) is 4.90 Å². The van der Waals surface area contributed by atoms with Gasteiger partial charge in [-0.15, -0.1) is 0 Å². The zero-order chi connectivity index (χ0) is 14.1. The first kappa shape index (κ1) is 12.5. The molecule has 4 nitrogen and oxygen atoms in total. The Hall–Kier alpha value is -2.49. The number of aromatic hydroxyl groups is 1. The van der Waals surface area contributed by atoms with E-state index in [9.17, 15) is 9.90 Å². The third-order valence-electron chi connectivity index (χ3n) is 3.59. The molecule has 0 saturated carbocycles. The Morgan fingerprint density at radius 1 is 1.20 bits per heavy atom. The van der Waals surface area contributed by atoms with E-state index in [0.717, 1.165) is 17.5 Å². The highest BCUT2D eigenvalue weighted by atomic mass is 16.3. The second kappa shape index (κ2) is 4.89. The standard InChI is InChI=1S/C16H16N2O2/c17-13-5-4-12-6-7-18(16(20)15(12)9-13)10-11-2-1-3-14(19)8-11/h1-5,8-9,19H,6-7,10,17H2. The zero-order valence-electron chi connectivity index (χ0n) is 11.0. The molecule has 1 amide bonds. The Labute approximate surface area is 117 Å². The fraction of sp³-hybridized carbons (Fsp3) is 0.188. The summed E-state index contributed by atoms with van der Waals surface area (Å²) in [6.07, 6.45) is 0.834. The number of nitrogens with zero attached hydrogens (tertiary/aromatic N) is 1. The number of nitrogen functional groups attached to an aromatic ring is 1. The number of carbonyl (C=O) groups excluding carboxylic acids is 1. The van der Waals surface area contributed by atoms with E-state index in [0.29, 0.717) is 24.3 Å². The summed E-state index contributed by atoms with van der Waals surface area (Å²) in [5.74, 6) is 0.221. The van der Waals surface area contributed by atoms with Crippen LogP contribution < -0.4 is 5.73 Å². The predicted octanol–water partition coefficient (Wildman–Crippen LogP) is 2.17. The summed E-state index contributed by atoms with van der Waals surface area (Å²) in [6.45, 7) is 1.19. The van der Waals surface area contributed by atoms with Crippen LogP contribution in [0.5, 0.6) is 5.75 Å². The summed E-state index contributed by atoms with van der Waals surface area (Å²) in [5.41, 5.74) is 9.03. The van der Waals surface area contributed by atoms with Gasteiger partial charge in [-0.25, -0.2) is 0 Å². The summed E-state index contributed by atoms with van der Waals surface area (Å²) in [7, 11) is 0. The number of anilines is 1. The van der Waals surface area contributed by atoms with Gasteiger partial charge in [-0.2, -0.15) is 0 Å². The Bertz CT molecular complexity index is 667. The van der Waals surface area contributed by atoms with Gasteiger partial charge in [-0.3, -0.25) is 4.79 Å². The van der Waals surface area contributed by atoms with E-state index in [1.807, 2.05) is 18.2 Å². The summed E-state index contributed by atoms with van der Waals surface area (Å²) < 4.78 is 0. The molecule has 1 aliphatic heterocycles. The van der Waals surface area contributed by atoms with Crippen LogP contribution in [0.3, 0.4) is 0 Å². The summed E-state index contributed by atoms with van der Waals surface area (Å²) in [4.78, 5) is 14.3. The molecule has 0 aromatic heterocycles. The van der Waals surface area contributed by atoms with Crippen molar-refractivity contribution in [3.05, 3.63) is 59.2 Å². The molecule has 0 aliphatic carbocycles. The number of fused-ring (bicyclic) bond motifs is 1. The Morgan fingerprint density at radius 2 is 2.05 bits per heavy atom. The molecule has 0 bridgehead atoms. The number of carbonyl (C=O) groups is 1. The number of phenolic OH excluding ortho intramolecular Hbond substituents is 1. The second-order valence-electron chi connectivity index (χ2n) is 5.06. The first-order valence-electron chi connectivity index (χ1n) is 6.59. The fourth-order valence-electron chi connectivity index (χ4n) is 2.56. The molecule has 1 aliphatic rings. The highest BCUT2D eigenvalue weighted by molar-refractivity contribution is 5.97. The zero-order valence-corrected chi connectivity index (χ0v) is 11.0. The number of nitrogens with two attached hydrogens (primary N) is 1. The SMILES string of the molecule is Nc1ccc2c(c1)C(=O)N(Cc1cccc(O)c1)CC2. The number of benzene rings is 2. The monoisotopic (exact) mass is 268 g/mol. The highest BCUT2D eigenvalue weighted by Crippen LogP contribution is 2.23. The maximum atomic E-state index is 12.5. The van der Waals surface area contributed by atoms with Crippen molar-refractivity contribution in [2.75, 3.05) is 12.3 Å². The van der Waals surface area contributed by atoms with Crippen LogP contribution in [-0.2, 0) is 13.0 Å². The van der Waals surface area contributed by atoms with Gasteiger partial charge in [0.05, 0.1) is 0 Å². The molecular weight excluding hydrogens is 252 g/mol. The molecule has 0 saturated heterocycles. The van der Waals surface area contributed by atoms with Crippen LogP contribution in [0, 0.1) is 0 Å². The summed E-state index contributed by atoms with van der Waals surface area (Å²) in [6, 6.07) is 12.5. The van der Waals surface area contributed by atoms with Gasteiger partial charge < -0.3 is 15.7 Å². The van der Waals surface area contributed by atoms with Crippen molar-refractivity contribution in [3.8, 4) is 5.75 Å². The molecule has 0 fully saturated rings. The molecule has 3 N–H and O–H groups in total. The van der Waals surface area contributed by atoms with Gasteiger partial charge >= 0.3 is 0 Å². The molecule has 3 rings (SSSR count). The molecule has 0 atom stereocenters. The first-order chi connectivity index (χ1) is 9.63. The van der Waals surface area contributed by atoms with Crippen molar-refractivity contribution in [1.29, 1.82) is 0 Å². The minimum absolute atomic E-state index is 0.00175. The van der Waals surface area contributed by atoms with Crippen molar-refractivity contribution < 1.29 is 9.90 Å². The molecule has 2 aromatic rings. The number of hydrogen-bond donors (Lipinski definition) is 2. The van der Waals surface area contributed by atoms with Crippen molar-refractivity contribution in [3.63, 3.8) is 0 Å². The number of amides is 1. The number of rotatable bonds is 2. The summed E-state index contributed by atoms with van der Waals surface area (Å²) in [5, 5.41) is 9.48. The average molecular weight is 268 g/mol. The van der Waals surface area contributed by atoms with Gasteiger partial charge in [-0.05, 0) is 41.8 Å². The van der Waals surface area contributed by atoms with Crippen LogP contribution in [0.4, 0.5) is 5.69 Å². The second-order valence-corrected chi connectivity index (χ2v) is 5.06. The third kappa shape index (κ3) is 2.32. The van der Waals surface area contributed by atoms with E-state index in [1.165, 1.54) is 0 Å². The Morgan fingerprint density at radius 3 is 2.85 bits per heavy atom. The number of phenols is 1. The van der Waals surface area contributed by atoms with Crippen LogP contribution in [0.25, 0.3) is 0 Å². The Kier molecular flexibility index (Phi) is 3.06. The van der Waals surface area contributed by atoms with Gasteiger partial charge in [0.2, 0.25) is 0 Å². The van der Waals surface area contributed by atoms with Crippen LogP contribution >= 0.6 is 0 Å². The largest absolute Gasteiger partial charge is 0.508 e. The van der Waals surface area contributed by atoms with Crippen molar-refractivity contribution >= 4 is 11.6 Å². The molecule has 1 heterocycles. The molecule has 20 heavy (non-hydrogen) atoms. The van der Waals surface area contributed by atoms with Crippen molar-refractivity contribution in [2.24, 2.45) is 0 Å². The van der Waals surface area contributed by atoms with E-state index in [-0.39, 0.29) is 11.7 Å². The van der Waals surface area contributed by atoms with Crippen LogP contribution in [0.1, 0.15) is 21.5 Å². The fourth-order valence-corrected chi connectivity index (χ4v) is 2.56. The predicted molar refractivity (Wildman–Crippen MR) is 77.4 cm³/mol. The van der Waals surface area contributed by atoms with E-state index >= 15 is 0 Å². The molecule has 0 spiro atoms. The van der Waals surface area contributed by atoms with E-state index < -0.39 is 0 Å². The lowest BCUT2D eigenvalue weighted by molar-refractivity contribution is 0.0727. The van der Waals surface area contributed by atoms with Gasteiger partial charge in [0.1, 0.15) is 5.75 Å². The molecular formula is C16H16N2O2. The normalized spacial score (nSPS) is 14.2.